The molecule has 0 aromatic carbocycles. The minimum absolute atomic E-state index is 0.169. The Morgan fingerprint density at radius 3 is 2.62 bits per heavy atom. The van der Waals surface area contributed by atoms with Crippen LogP contribution in [-0.4, -0.2) is 57.8 Å². The quantitative estimate of drug-likeness (QED) is 0.595. The van der Waals surface area contributed by atoms with Crippen molar-refractivity contribution in [3.05, 3.63) is 33.2 Å². The van der Waals surface area contributed by atoms with E-state index in [9.17, 15) is 9.59 Å². The van der Waals surface area contributed by atoms with E-state index in [2.05, 4.69) is 41.4 Å². The van der Waals surface area contributed by atoms with Crippen molar-refractivity contribution in [2.45, 2.75) is 46.6 Å². The Hall–Kier alpha value is -2.40. The number of H-pyrrole nitrogens is 1. The molecule has 2 rings (SSSR count). The molecule has 2 heterocycles. The van der Waals surface area contributed by atoms with Gasteiger partial charge < -0.3 is 14.5 Å². The van der Waals surface area contributed by atoms with Crippen molar-refractivity contribution < 1.29 is 9.53 Å². The molecule has 1 aliphatic heterocycles. The molecule has 26 heavy (non-hydrogen) atoms. The van der Waals surface area contributed by atoms with Gasteiger partial charge in [0.2, 0.25) is 0 Å². The molecule has 0 amide bonds. The summed E-state index contributed by atoms with van der Waals surface area (Å²) in [6, 6.07) is 0.399. The fraction of sp³-hybridized carbons (Fsp3) is 0.632. The van der Waals surface area contributed by atoms with Crippen LogP contribution in [0, 0.1) is 0 Å². The summed E-state index contributed by atoms with van der Waals surface area (Å²) in [5, 5.41) is 2.78. The SMILES string of the molecule is CCCN1CC(C)N(CCC)C1=C=Cc1c(C(=O)OCC)[nH]n(C)c1=O. The van der Waals surface area contributed by atoms with E-state index in [0.29, 0.717) is 6.04 Å². The van der Waals surface area contributed by atoms with Gasteiger partial charge in [0.25, 0.3) is 5.56 Å². The molecule has 144 valence electrons. The molecule has 1 atom stereocenters. The Kier molecular flexibility index (Phi) is 6.75. The predicted molar refractivity (Wildman–Crippen MR) is 102 cm³/mol. The highest BCUT2D eigenvalue weighted by molar-refractivity contribution is 5.91. The first-order valence-electron chi connectivity index (χ1n) is 9.38. The zero-order valence-electron chi connectivity index (χ0n) is 16.5. The van der Waals surface area contributed by atoms with Gasteiger partial charge in [-0.25, -0.2) is 4.79 Å². The van der Waals surface area contributed by atoms with Crippen LogP contribution in [0.15, 0.2) is 16.3 Å². The van der Waals surface area contributed by atoms with Gasteiger partial charge in [-0.2, -0.15) is 0 Å². The molecule has 1 saturated heterocycles. The summed E-state index contributed by atoms with van der Waals surface area (Å²) in [5.41, 5.74) is 3.48. The summed E-state index contributed by atoms with van der Waals surface area (Å²) in [5.74, 6) is 0.457. The maximum Gasteiger partial charge on any atom is 0.357 e. The topological polar surface area (TPSA) is 70.6 Å². The summed E-state index contributed by atoms with van der Waals surface area (Å²) in [6.07, 6.45) is 3.69. The van der Waals surface area contributed by atoms with Gasteiger partial charge in [-0.1, -0.05) is 19.6 Å². The lowest BCUT2D eigenvalue weighted by Crippen LogP contribution is -2.27. The molecule has 1 aromatic heterocycles. The fourth-order valence-electron chi connectivity index (χ4n) is 3.30. The standard InChI is InChI=1S/C19H30N4O3/c1-6-11-22-13-14(4)23(12-7-2)16(22)10-9-15-17(19(25)26-8-3)20-21(5)18(15)24/h9,14,20H,6-8,11-13H2,1-5H3. The highest BCUT2D eigenvalue weighted by Crippen LogP contribution is 2.24. The number of nitrogens with one attached hydrogen (secondary N) is 1. The normalized spacial score (nSPS) is 16.8. The van der Waals surface area contributed by atoms with E-state index >= 15 is 0 Å². The van der Waals surface area contributed by atoms with Crippen LogP contribution in [0.5, 0.6) is 0 Å². The lowest BCUT2D eigenvalue weighted by Gasteiger charge is -2.24. The zero-order valence-corrected chi connectivity index (χ0v) is 16.5. The number of hydrogen-bond donors (Lipinski definition) is 1. The molecular formula is C19H30N4O3. The third kappa shape index (κ3) is 4.05. The number of rotatable bonds is 7. The fourth-order valence-corrected chi connectivity index (χ4v) is 3.30. The Morgan fingerprint density at radius 1 is 1.31 bits per heavy atom. The molecule has 1 unspecified atom stereocenters. The molecule has 0 spiro atoms. The summed E-state index contributed by atoms with van der Waals surface area (Å²) in [7, 11) is 1.58. The number of hydrogen-bond acceptors (Lipinski definition) is 5. The van der Waals surface area contributed by atoms with E-state index in [1.165, 1.54) is 4.68 Å². The first-order valence-corrected chi connectivity index (χ1v) is 9.38. The van der Waals surface area contributed by atoms with E-state index in [1.807, 2.05) is 0 Å². The van der Waals surface area contributed by atoms with Gasteiger partial charge in [-0.3, -0.25) is 14.6 Å². The molecule has 1 N–H and O–H groups in total. The van der Waals surface area contributed by atoms with E-state index in [-0.39, 0.29) is 23.4 Å². The van der Waals surface area contributed by atoms with Gasteiger partial charge in [-0.05, 0) is 32.8 Å². The Labute approximate surface area is 154 Å². The lowest BCUT2D eigenvalue weighted by molar-refractivity contribution is 0.0518. The summed E-state index contributed by atoms with van der Waals surface area (Å²) >= 11 is 0. The Morgan fingerprint density at radius 2 is 2.00 bits per heavy atom. The Balaban J connectivity index is 2.50. The second kappa shape index (κ2) is 8.81. The van der Waals surface area contributed by atoms with Crippen LogP contribution in [-0.2, 0) is 11.8 Å². The average Bonchev–Trinajstić information content (AvgIpc) is 3.05. The van der Waals surface area contributed by atoms with Gasteiger partial charge in [0.1, 0.15) is 5.82 Å². The van der Waals surface area contributed by atoms with Crippen LogP contribution in [0.3, 0.4) is 0 Å². The third-order valence-corrected chi connectivity index (χ3v) is 4.46. The molecule has 7 heteroatoms. The van der Waals surface area contributed by atoms with Crippen molar-refractivity contribution in [2.75, 3.05) is 26.2 Å². The Bertz CT molecular complexity index is 755. The first-order chi connectivity index (χ1) is 12.4. The largest absolute Gasteiger partial charge is 0.461 e. The van der Waals surface area contributed by atoms with E-state index in [0.717, 1.165) is 38.3 Å². The van der Waals surface area contributed by atoms with Crippen LogP contribution in [0.25, 0.3) is 6.08 Å². The van der Waals surface area contributed by atoms with E-state index < -0.39 is 5.97 Å². The van der Waals surface area contributed by atoms with Gasteiger partial charge >= 0.3 is 5.97 Å². The number of carbonyl (C=O) groups excluding carboxylic acids is 1. The minimum atomic E-state index is -0.529. The lowest BCUT2D eigenvalue weighted by atomic mass is 10.2. The zero-order chi connectivity index (χ0) is 19.3. The van der Waals surface area contributed by atoms with Gasteiger partial charge in [-0.15, -0.1) is 0 Å². The van der Waals surface area contributed by atoms with E-state index in [4.69, 9.17) is 4.74 Å². The number of esters is 1. The summed E-state index contributed by atoms with van der Waals surface area (Å²) < 4.78 is 6.33. The molecule has 1 fully saturated rings. The highest BCUT2D eigenvalue weighted by atomic mass is 16.5. The van der Waals surface area contributed by atoms with Crippen LogP contribution in [0.2, 0.25) is 0 Å². The second-order valence-electron chi connectivity index (χ2n) is 6.59. The number of aryl methyl sites for hydroxylation is 1. The van der Waals surface area contributed by atoms with Crippen LogP contribution >= 0.6 is 0 Å². The predicted octanol–water partition coefficient (Wildman–Crippen LogP) is 2.17. The smallest absolute Gasteiger partial charge is 0.357 e. The molecule has 0 bridgehead atoms. The number of aromatic nitrogens is 2. The molecule has 0 aliphatic carbocycles. The van der Waals surface area contributed by atoms with Crippen molar-refractivity contribution in [2.24, 2.45) is 7.05 Å². The van der Waals surface area contributed by atoms with Crippen molar-refractivity contribution in [1.29, 1.82) is 0 Å². The van der Waals surface area contributed by atoms with E-state index in [1.54, 1.807) is 20.0 Å². The molecule has 0 radical (unpaired) electrons. The second-order valence-corrected chi connectivity index (χ2v) is 6.59. The van der Waals surface area contributed by atoms with Crippen molar-refractivity contribution >= 4 is 12.0 Å². The summed E-state index contributed by atoms with van der Waals surface area (Å²) in [6.45, 7) is 11.3. The van der Waals surface area contributed by atoms with Crippen molar-refractivity contribution in [3.63, 3.8) is 0 Å². The maximum atomic E-state index is 12.4. The van der Waals surface area contributed by atoms with Crippen LogP contribution < -0.4 is 5.56 Å². The molecule has 1 aromatic rings. The highest BCUT2D eigenvalue weighted by Gasteiger charge is 2.29. The van der Waals surface area contributed by atoms with Gasteiger partial charge in [0, 0.05) is 32.7 Å². The van der Waals surface area contributed by atoms with Crippen molar-refractivity contribution in [1.82, 2.24) is 19.6 Å². The number of aromatic amines is 1. The maximum absolute atomic E-state index is 12.4. The number of carbonyl (C=O) groups is 1. The third-order valence-electron chi connectivity index (χ3n) is 4.46. The minimum Gasteiger partial charge on any atom is -0.461 e. The van der Waals surface area contributed by atoms with Crippen molar-refractivity contribution in [3.8, 4) is 0 Å². The first kappa shape index (κ1) is 19.9. The molecular weight excluding hydrogens is 332 g/mol. The monoisotopic (exact) mass is 362 g/mol. The van der Waals surface area contributed by atoms with Crippen LogP contribution in [0.1, 0.15) is 56.6 Å². The number of ether oxygens (including phenoxy) is 1. The molecule has 7 nitrogen and oxygen atoms in total. The van der Waals surface area contributed by atoms with Gasteiger partial charge in [0.05, 0.1) is 12.2 Å². The number of nitrogens with zero attached hydrogens (tertiary/aromatic N) is 3. The molecule has 1 aliphatic rings. The summed E-state index contributed by atoms with van der Waals surface area (Å²) in [4.78, 5) is 29.1. The molecule has 0 saturated carbocycles. The van der Waals surface area contributed by atoms with Crippen LogP contribution in [0.4, 0.5) is 0 Å². The average molecular weight is 362 g/mol. The van der Waals surface area contributed by atoms with Gasteiger partial charge in [0.15, 0.2) is 5.69 Å².